The molecule has 2 heterocycles. The summed E-state index contributed by atoms with van der Waals surface area (Å²) in [6.07, 6.45) is 10.8. The zero-order valence-electron chi connectivity index (χ0n) is 17.2. The summed E-state index contributed by atoms with van der Waals surface area (Å²) in [4.78, 5) is 4.09. The summed E-state index contributed by atoms with van der Waals surface area (Å²) >= 11 is 3.49. The Morgan fingerprint density at radius 3 is 2.21 bits per heavy atom. The standard InChI is InChI=1S/C12H21BO2.C11H8BrN/c1-11(2)12(3,4)15-13(14-11)10-8-6-5-7-9-10;12-11-6-7-13-8-10(11)9-4-2-1-3-5-9/h8H,5-7,9H2,1-4H3;1-8H. The maximum absolute atomic E-state index is 6.01. The Morgan fingerprint density at radius 1 is 0.964 bits per heavy atom. The highest BCUT2D eigenvalue weighted by atomic mass is 79.9. The zero-order chi connectivity index (χ0) is 20.2. The van der Waals surface area contributed by atoms with E-state index in [-0.39, 0.29) is 18.3 Å². The number of nitrogens with zero attached hydrogens (tertiary/aromatic N) is 1. The molecule has 1 saturated heterocycles. The van der Waals surface area contributed by atoms with Gasteiger partial charge in [-0.25, -0.2) is 0 Å². The minimum absolute atomic E-state index is 0.102. The van der Waals surface area contributed by atoms with Gasteiger partial charge in [-0.3, -0.25) is 4.98 Å². The maximum Gasteiger partial charge on any atom is 0.490 e. The molecule has 2 aliphatic rings. The molecule has 0 unspecified atom stereocenters. The van der Waals surface area contributed by atoms with E-state index in [1.54, 1.807) is 6.20 Å². The van der Waals surface area contributed by atoms with Crippen LogP contribution >= 0.6 is 15.9 Å². The highest BCUT2D eigenvalue weighted by molar-refractivity contribution is 9.10. The van der Waals surface area contributed by atoms with Gasteiger partial charge in [0.1, 0.15) is 0 Å². The molecule has 1 fully saturated rings. The van der Waals surface area contributed by atoms with Crippen molar-refractivity contribution in [2.75, 3.05) is 0 Å². The second-order valence-electron chi connectivity index (χ2n) is 8.33. The average Bonchev–Trinajstić information content (AvgIpc) is 2.91. The van der Waals surface area contributed by atoms with Gasteiger partial charge >= 0.3 is 7.12 Å². The van der Waals surface area contributed by atoms with E-state index >= 15 is 0 Å². The van der Waals surface area contributed by atoms with Crippen molar-refractivity contribution in [2.45, 2.75) is 64.6 Å². The molecule has 148 valence electrons. The Morgan fingerprint density at radius 2 is 1.64 bits per heavy atom. The topological polar surface area (TPSA) is 31.4 Å². The van der Waals surface area contributed by atoms with Crippen LogP contribution in [0.25, 0.3) is 11.1 Å². The molecular formula is C23H29BBrNO2. The Bertz CT molecular complexity index is 804. The summed E-state index contributed by atoms with van der Waals surface area (Å²) in [5.41, 5.74) is 3.26. The molecule has 5 heteroatoms. The number of allylic oxidation sites excluding steroid dienone is 2. The molecule has 0 radical (unpaired) electrons. The van der Waals surface area contributed by atoms with Crippen LogP contribution in [0.3, 0.4) is 0 Å². The Kier molecular flexibility index (Phi) is 6.79. The third-order valence-electron chi connectivity index (χ3n) is 5.73. The largest absolute Gasteiger partial charge is 0.490 e. The van der Waals surface area contributed by atoms with Gasteiger partial charge in [0.25, 0.3) is 0 Å². The second-order valence-corrected chi connectivity index (χ2v) is 9.19. The summed E-state index contributed by atoms with van der Waals surface area (Å²) in [6, 6.07) is 12.1. The number of hydrogen-bond acceptors (Lipinski definition) is 3. The van der Waals surface area contributed by atoms with Crippen LogP contribution in [0.1, 0.15) is 53.4 Å². The lowest BCUT2D eigenvalue weighted by molar-refractivity contribution is 0.00578. The summed E-state index contributed by atoms with van der Waals surface area (Å²) in [7, 11) is -0.102. The van der Waals surface area contributed by atoms with Crippen molar-refractivity contribution < 1.29 is 9.31 Å². The molecule has 0 atom stereocenters. The van der Waals surface area contributed by atoms with E-state index in [1.165, 1.54) is 30.3 Å². The molecule has 4 rings (SSSR count). The first-order chi connectivity index (χ1) is 13.3. The first-order valence-electron chi connectivity index (χ1n) is 10.00. The zero-order valence-corrected chi connectivity index (χ0v) is 18.8. The number of hydrogen-bond donors (Lipinski definition) is 0. The highest BCUT2D eigenvalue weighted by Crippen LogP contribution is 2.40. The SMILES string of the molecule is Brc1ccncc1-c1ccccc1.CC1(C)OB(C2=CCCCC2)OC1(C)C. The monoisotopic (exact) mass is 441 g/mol. The van der Waals surface area contributed by atoms with Crippen LogP contribution in [0, 0.1) is 0 Å². The minimum Gasteiger partial charge on any atom is -0.400 e. The number of aromatic nitrogens is 1. The Labute approximate surface area is 177 Å². The molecule has 1 aliphatic heterocycles. The minimum atomic E-state index is -0.198. The van der Waals surface area contributed by atoms with Crippen molar-refractivity contribution in [1.82, 2.24) is 4.98 Å². The quantitative estimate of drug-likeness (QED) is 0.490. The summed E-state index contributed by atoms with van der Waals surface area (Å²) in [6.45, 7) is 8.43. The molecule has 0 bridgehead atoms. The molecule has 2 aromatic rings. The predicted octanol–water partition coefficient (Wildman–Crippen LogP) is 6.63. The summed E-state index contributed by atoms with van der Waals surface area (Å²) in [5.74, 6) is 0. The smallest absolute Gasteiger partial charge is 0.400 e. The van der Waals surface area contributed by atoms with Crippen molar-refractivity contribution in [1.29, 1.82) is 0 Å². The fraction of sp³-hybridized carbons (Fsp3) is 0.435. The summed E-state index contributed by atoms with van der Waals surface area (Å²) in [5, 5.41) is 0. The molecule has 1 aliphatic carbocycles. The van der Waals surface area contributed by atoms with Gasteiger partial charge in [-0.15, -0.1) is 0 Å². The molecule has 0 spiro atoms. The molecule has 3 nitrogen and oxygen atoms in total. The van der Waals surface area contributed by atoms with Crippen LogP contribution in [-0.4, -0.2) is 23.3 Å². The molecule has 1 aromatic heterocycles. The van der Waals surface area contributed by atoms with E-state index in [9.17, 15) is 0 Å². The second kappa shape index (κ2) is 8.94. The maximum atomic E-state index is 6.01. The molecular weight excluding hydrogens is 413 g/mol. The van der Waals surface area contributed by atoms with Gasteiger partial charge in [0, 0.05) is 22.4 Å². The van der Waals surface area contributed by atoms with E-state index in [1.807, 2.05) is 30.5 Å². The fourth-order valence-electron chi connectivity index (χ4n) is 3.28. The lowest BCUT2D eigenvalue weighted by atomic mass is 9.73. The van der Waals surface area contributed by atoms with Gasteiger partial charge in [-0.05, 0) is 70.5 Å². The van der Waals surface area contributed by atoms with Gasteiger partial charge < -0.3 is 9.31 Å². The lowest BCUT2D eigenvalue weighted by Crippen LogP contribution is -2.41. The summed E-state index contributed by atoms with van der Waals surface area (Å²) < 4.78 is 13.1. The van der Waals surface area contributed by atoms with Crippen LogP contribution in [0.4, 0.5) is 0 Å². The van der Waals surface area contributed by atoms with Gasteiger partial charge in [-0.1, -0.05) is 52.3 Å². The first-order valence-corrected chi connectivity index (χ1v) is 10.8. The molecule has 1 aromatic carbocycles. The van der Waals surface area contributed by atoms with Crippen LogP contribution in [0.15, 0.2) is 64.8 Å². The van der Waals surface area contributed by atoms with E-state index in [0.29, 0.717) is 0 Å². The van der Waals surface area contributed by atoms with Crippen molar-refractivity contribution in [3.8, 4) is 11.1 Å². The Hall–Kier alpha value is -1.43. The van der Waals surface area contributed by atoms with Crippen molar-refractivity contribution in [3.63, 3.8) is 0 Å². The third kappa shape index (κ3) is 4.94. The molecule has 28 heavy (non-hydrogen) atoms. The number of halogens is 1. The number of benzene rings is 1. The first kappa shape index (κ1) is 21.3. The number of rotatable bonds is 2. The van der Waals surface area contributed by atoms with Crippen molar-refractivity contribution >= 4 is 23.0 Å². The molecule has 0 amide bonds. The normalized spacial score (nSPS) is 20.2. The lowest BCUT2D eigenvalue weighted by Gasteiger charge is -2.32. The van der Waals surface area contributed by atoms with Crippen LogP contribution in [0.2, 0.25) is 0 Å². The van der Waals surface area contributed by atoms with Gasteiger partial charge in [0.2, 0.25) is 0 Å². The fourth-order valence-corrected chi connectivity index (χ4v) is 3.73. The highest BCUT2D eigenvalue weighted by Gasteiger charge is 2.52. The predicted molar refractivity (Wildman–Crippen MR) is 120 cm³/mol. The van der Waals surface area contributed by atoms with E-state index in [4.69, 9.17) is 9.31 Å². The van der Waals surface area contributed by atoms with E-state index in [2.05, 4.69) is 66.8 Å². The van der Waals surface area contributed by atoms with Crippen molar-refractivity contribution in [3.05, 3.63) is 64.8 Å². The molecule has 0 saturated carbocycles. The number of pyridine rings is 1. The van der Waals surface area contributed by atoms with Crippen LogP contribution in [0.5, 0.6) is 0 Å². The average molecular weight is 442 g/mol. The van der Waals surface area contributed by atoms with Gasteiger partial charge in [0.15, 0.2) is 0 Å². The third-order valence-corrected chi connectivity index (χ3v) is 6.43. The van der Waals surface area contributed by atoms with E-state index in [0.717, 1.165) is 16.5 Å². The Balaban J connectivity index is 0.000000162. The van der Waals surface area contributed by atoms with Crippen LogP contribution in [-0.2, 0) is 9.31 Å². The van der Waals surface area contributed by atoms with Crippen LogP contribution < -0.4 is 0 Å². The van der Waals surface area contributed by atoms with Gasteiger partial charge in [0.05, 0.1) is 11.2 Å². The van der Waals surface area contributed by atoms with E-state index < -0.39 is 0 Å². The molecule has 0 N–H and O–H groups in total. The van der Waals surface area contributed by atoms with Crippen molar-refractivity contribution in [2.24, 2.45) is 0 Å². The van der Waals surface area contributed by atoms with Gasteiger partial charge in [-0.2, -0.15) is 0 Å².